The largest absolute Gasteiger partial charge is 0.330 e. The lowest BCUT2D eigenvalue weighted by Crippen LogP contribution is -2.46. The van der Waals surface area contributed by atoms with Crippen molar-refractivity contribution in [3.05, 3.63) is 17.5 Å². The molecule has 1 aromatic heterocycles. The second-order valence-corrected chi connectivity index (χ2v) is 7.26. The molecule has 0 bridgehead atoms. The van der Waals surface area contributed by atoms with Gasteiger partial charge in [-0.05, 0) is 36.2 Å². The minimum Gasteiger partial charge on any atom is -0.330 e. The molecule has 0 spiro atoms. The number of hydrogen-bond donors (Lipinski definition) is 2. The molecule has 0 aromatic carbocycles. The van der Waals surface area contributed by atoms with E-state index in [-0.39, 0.29) is 5.41 Å². The summed E-state index contributed by atoms with van der Waals surface area (Å²) in [5, 5.41) is 1.76. The Labute approximate surface area is 99.9 Å². The van der Waals surface area contributed by atoms with Crippen LogP contribution in [0.5, 0.6) is 0 Å². The summed E-state index contributed by atoms with van der Waals surface area (Å²) in [6.07, 6.45) is 3.20. The van der Waals surface area contributed by atoms with Crippen LogP contribution >= 0.6 is 11.3 Å². The van der Waals surface area contributed by atoms with Gasteiger partial charge in [-0.2, -0.15) is 0 Å². The molecule has 4 nitrogen and oxygen atoms in total. The van der Waals surface area contributed by atoms with E-state index in [1.165, 1.54) is 11.3 Å². The van der Waals surface area contributed by atoms with Crippen LogP contribution < -0.4 is 10.5 Å². The van der Waals surface area contributed by atoms with Crippen molar-refractivity contribution >= 4 is 21.4 Å². The molecule has 6 heteroatoms. The fourth-order valence-corrected chi connectivity index (χ4v) is 4.06. The lowest BCUT2D eigenvalue weighted by Gasteiger charge is -2.40. The number of hydrogen-bond acceptors (Lipinski definition) is 4. The topological polar surface area (TPSA) is 72.2 Å². The van der Waals surface area contributed by atoms with Crippen LogP contribution in [0.1, 0.15) is 19.3 Å². The van der Waals surface area contributed by atoms with E-state index in [2.05, 4.69) is 4.72 Å². The van der Waals surface area contributed by atoms with Crippen LogP contribution in [-0.2, 0) is 10.0 Å². The van der Waals surface area contributed by atoms with Gasteiger partial charge in [0.05, 0.1) is 0 Å². The monoisotopic (exact) mass is 260 g/mol. The van der Waals surface area contributed by atoms with Crippen molar-refractivity contribution in [1.29, 1.82) is 0 Å². The minimum absolute atomic E-state index is 0.00430. The fourth-order valence-electron chi connectivity index (χ4n) is 1.87. The molecule has 1 fully saturated rings. The maximum absolute atomic E-state index is 11.9. The average molecular weight is 260 g/mol. The van der Waals surface area contributed by atoms with E-state index >= 15 is 0 Å². The van der Waals surface area contributed by atoms with E-state index in [0.29, 0.717) is 17.3 Å². The Balaban J connectivity index is 2.00. The summed E-state index contributed by atoms with van der Waals surface area (Å²) in [6, 6.07) is 3.35. The Morgan fingerprint density at radius 2 is 2.25 bits per heavy atom. The number of rotatable bonds is 5. The van der Waals surface area contributed by atoms with Gasteiger partial charge >= 0.3 is 0 Å². The van der Waals surface area contributed by atoms with E-state index in [4.69, 9.17) is 5.73 Å². The van der Waals surface area contributed by atoms with Crippen LogP contribution in [-0.4, -0.2) is 21.5 Å². The number of sulfonamides is 1. The number of nitrogens with one attached hydrogen (secondary N) is 1. The zero-order valence-corrected chi connectivity index (χ0v) is 10.6. The first-order valence-corrected chi connectivity index (χ1v) is 7.68. The predicted molar refractivity (Wildman–Crippen MR) is 64.8 cm³/mol. The Kier molecular flexibility index (Phi) is 3.34. The van der Waals surface area contributed by atoms with Crippen molar-refractivity contribution in [2.24, 2.45) is 11.1 Å². The smallest absolute Gasteiger partial charge is 0.250 e. The third-order valence-corrected chi connectivity index (χ3v) is 6.04. The molecular weight excluding hydrogens is 244 g/mol. The lowest BCUT2D eigenvalue weighted by atomic mass is 9.69. The maximum Gasteiger partial charge on any atom is 0.250 e. The van der Waals surface area contributed by atoms with E-state index in [9.17, 15) is 8.42 Å². The predicted octanol–water partition coefficient (Wildman–Crippen LogP) is 1.16. The van der Waals surface area contributed by atoms with Gasteiger partial charge in [0.25, 0.3) is 0 Å². The van der Waals surface area contributed by atoms with Crippen molar-refractivity contribution in [3.8, 4) is 0 Å². The van der Waals surface area contributed by atoms with Crippen molar-refractivity contribution < 1.29 is 8.42 Å². The zero-order chi connectivity index (χ0) is 11.6. The van der Waals surface area contributed by atoms with Crippen LogP contribution in [0.25, 0.3) is 0 Å². The summed E-state index contributed by atoms with van der Waals surface area (Å²) in [7, 11) is -3.32. The molecule has 0 saturated heterocycles. The van der Waals surface area contributed by atoms with E-state index in [0.717, 1.165) is 19.3 Å². The van der Waals surface area contributed by atoms with Crippen LogP contribution in [0.15, 0.2) is 21.7 Å². The Hall–Kier alpha value is -0.430. The quantitative estimate of drug-likeness (QED) is 0.834. The highest BCUT2D eigenvalue weighted by molar-refractivity contribution is 7.91. The molecule has 0 amide bonds. The molecule has 1 aliphatic carbocycles. The van der Waals surface area contributed by atoms with Gasteiger partial charge in [0.15, 0.2) is 0 Å². The lowest BCUT2D eigenvalue weighted by molar-refractivity contribution is 0.150. The second kappa shape index (κ2) is 4.44. The third-order valence-electron chi connectivity index (χ3n) is 3.24. The van der Waals surface area contributed by atoms with Gasteiger partial charge in [-0.1, -0.05) is 12.5 Å². The summed E-state index contributed by atoms with van der Waals surface area (Å²) >= 11 is 1.23. The van der Waals surface area contributed by atoms with Crippen molar-refractivity contribution in [1.82, 2.24) is 4.72 Å². The Morgan fingerprint density at radius 1 is 1.50 bits per heavy atom. The highest BCUT2D eigenvalue weighted by Gasteiger charge is 2.36. The number of nitrogens with two attached hydrogens (primary N) is 1. The first-order valence-electron chi connectivity index (χ1n) is 5.31. The van der Waals surface area contributed by atoms with Gasteiger partial charge in [0, 0.05) is 6.54 Å². The summed E-state index contributed by atoms with van der Waals surface area (Å²) in [5.41, 5.74) is 5.69. The van der Waals surface area contributed by atoms with Gasteiger partial charge in [0.1, 0.15) is 4.21 Å². The second-order valence-electron chi connectivity index (χ2n) is 4.31. The fraction of sp³-hybridized carbons (Fsp3) is 0.600. The van der Waals surface area contributed by atoms with Crippen molar-refractivity contribution in [2.75, 3.05) is 13.1 Å². The van der Waals surface area contributed by atoms with Crippen LogP contribution in [0, 0.1) is 5.41 Å². The first kappa shape index (κ1) is 12.0. The van der Waals surface area contributed by atoms with Crippen molar-refractivity contribution in [2.45, 2.75) is 23.5 Å². The highest BCUT2D eigenvalue weighted by Crippen LogP contribution is 2.39. The molecule has 90 valence electrons. The number of thiophene rings is 1. The molecule has 1 aliphatic rings. The molecule has 0 atom stereocenters. The third kappa shape index (κ3) is 2.29. The van der Waals surface area contributed by atoms with E-state index in [1.54, 1.807) is 17.5 Å². The van der Waals surface area contributed by atoms with Crippen LogP contribution in [0.3, 0.4) is 0 Å². The Morgan fingerprint density at radius 3 is 2.69 bits per heavy atom. The molecular formula is C10H16N2O2S2. The normalized spacial score (nSPS) is 19.3. The molecule has 1 saturated carbocycles. The summed E-state index contributed by atoms with van der Waals surface area (Å²) < 4.78 is 26.7. The highest BCUT2D eigenvalue weighted by atomic mass is 32.2. The molecule has 1 aromatic rings. The molecule has 0 unspecified atom stereocenters. The summed E-state index contributed by atoms with van der Waals surface area (Å²) in [6.45, 7) is 1.02. The van der Waals surface area contributed by atoms with Gasteiger partial charge in [-0.25, -0.2) is 13.1 Å². The van der Waals surface area contributed by atoms with Gasteiger partial charge in [-0.15, -0.1) is 11.3 Å². The van der Waals surface area contributed by atoms with Gasteiger partial charge in [0.2, 0.25) is 10.0 Å². The maximum atomic E-state index is 11.9. The summed E-state index contributed by atoms with van der Waals surface area (Å²) in [4.78, 5) is 0. The van der Waals surface area contributed by atoms with Crippen LogP contribution in [0.2, 0.25) is 0 Å². The minimum atomic E-state index is -3.32. The van der Waals surface area contributed by atoms with Gasteiger partial charge < -0.3 is 5.73 Å². The molecule has 16 heavy (non-hydrogen) atoms. The van der Waals surface area contributed by atoms with E-state index in [1.807, 2.05) is 0 Å². The molecule has 3 N–H and O–H groups in total. The summed E-state index contributed by atoms with van der Waals surface area (Å²) in [5.74, 6) is 0. The van der Waals surface area contributed by atoms with E-state index < -0.39 is 10.0 Å². The average Bonchev–Trinajstić information content (AvgIpc) is 2.70. The Bertz CT molecular complexity index is 430. The zero-order valence-electron chi connectivity index (χ0n) is 8.98. The molecule has 0 radical (unpaired) electrons. The molecule has 2 rings (SSSR count). The van der Waals surface area contributed by atoms with Gasteiger partial charge in [-0.3, -0.25) is 0 Å². The van der Waals surface area contributed by atoms with Crippen LogP contribution in [0.4, 0.5) is 0 Å². The first-order chi connectivity index (χ1) is 7.58. The van der Waals surface area contributed by atoms with Crippen molar-refractivity contribution in [3.63, 3.8) is 0 Å². The molecule has 1 heterocycles. The molecule has 0 aliphatic heterocycles. The standard InChI is InChI=1S/C10H16N2O2S2/c11-7-10(4-2-5-10)8-12-16(13,14)9-3-1-6-15-9/h1,3,6,12H,2,4-5,7-8,11H2. The SMILES string of the molecule is NCC1(CNS(=O)(=O)c2cccs2)CCC1.